The molecule has 2 saturated heterocycles. The lowest BCUT2D eigenvalue weighted by molar-refractivity contribution is -0.132. The minimum absolute atomic E-state index is 0.0919. The monoisotopic (exact) mass is 389 g/mol. The summed E-state index contributed by atoms with van der Waals surface area (Å²) in [6, 6.07) is 7.99. The number of likely N-dealkylation sites (tertiary alicyclic amines) is 1. The molecule has 0 radical (unpaired) electrons. The Bertz CT molecular complexity index is 609. The zero-order chi connectivity index (χ0) is 19.8. The maximum Gasteiger partial charge on any atom is 0.260 e. The van der Waals surface area contributed by atoms with Crippen LogP contribution in [0, 0.1) is 0 Å². The predicted octanol–water partition coefficient (Wildman–Crippen LogP) is 2.28. The molecule has 156 valence electrons. The molecule has 2 unspecified atom stereocenters. The smallest absolute Gasteiger partial charge is 0.260 e. The molecule has 0 spiro atoms. The van der Waals surface area contributed by atoms with Crippen LogP contribution >= 0.6 is 0 Å². The van der Waals surface area contributed by atoms with E-state index in [-0.39, 0.29) is 12.5 Å². The number of nitrogens with one attached hydrogen (secondary N) is 1. The van der Waals surface area contributed by atoms with Crippen LogP contribution in [-0.4, -0.2) is 73.8 Å². The highest BCUT2D eigenvalue weighted by atomic mass is 16.5. The maximum atomic E-state index is 12.2. The van der Waals surface area contributed by atoms with Crippen LogP contribution in [-0.2, 0) is 16.1 Å². The molecule has 1 N–H and O–H groups in total. The quantitative estimate of drug-likeness (QED) is 0.657. The SMILES string of the molecule is CC1CN(CCCNCc2ccccc2OCC(=O)N2CCCC2)CC(C)O1. The standard InChI is InChI=1S/C22H35N3O3/c1-18-15-24(16-19(2)28-18)11-7-10-23-14-20-8-3-4-9-21(20)27-17-22(26)25-12-5-6-13-25/h3-4,8-9,18-19,23H,5-7,10-17H2,1-2H3. The Hall–Kier alpha value is -1.63. The molecule has 2 fully saturated rings. The zero-order valence-electron chi connectivity index (χ0n) is 17.4. The number of hydrogen-bond acceptors (Lipinski definition) is 5. The van der Waals surface area contributed by atoms with Crippen molar-refractivity contribution in [2.45, 2.75) is 51.9 Å². The summed E-state index contributed by atoms with van der Waals surface area (Å²) in [4.78, 5) is 16.6. The van der Waals surface area contributed by atoms with Crippen LogP contribution in [0.3, 0.4) is 0 Å². The number of carbonyl (C=O) groups is 1. The Morgan fingerprint density at radius 1 is 1.18 bits per heavy atom. The van der Waals surface area contributed by atoms with Gasteiger partial charge < -0.3 is 19.7 Å². The zero-order valence-corrected chi connectivity index (χ0v) is 17.4. The average molecular weight is 390 g/mol. The number of amides is 1. The topological polar surface area (TPSA) is 54.0 Å². The van der Waals surface area contributed by atoms with Crippen LogP contribution in [0.5, 0.6) is 5.75 Å². The molecular formula is C22H35N3O3. The van der Waals surface area contributed by atoms with Crippen molar-refractivity contribution >= 4 is 5.91 Å². The van der Waals surface area contributed by atoms with E-state index in [1.807, 2.05) is 23.1 Å². The fourth-order valence-corrected chi connectivity index (χ4v) is 4.11. The fraction of sp³-hybridized carbons (Fsp3) is 0.682. The average Bonchev–Trinajstić information content (AvgIpc) is 3.21. The molecular weight excluding hydrogens is 354 g/mol. The number of ether oxygens (including phenoxy) is 2. The van der Waals surface area contributed by atoms with Crippen LogP contribution in [0.1, 0.15) is 38.7 Å². The number of morpholine rings is 1. The molecule has 0 aliphatic carbocycles. The van der Waals surface area contributed by atoms with Crippen molar-refractivity contribution in [3.63, 3.8) is 0 Å². The highest BCUT2D eigenvalue weighted by molar-refractivity contribution is 5.78. The molecule has 2 heterocycles. The molecule has 0 bridgehead atoms. The Kier molecular flexibility index (Phi) is 8.13. The first kappa shape index (κ1) is 21.1. The third-order valence-electron chi connectivity index (χ3n) is 5.42. The second kappa shape index (κ2) is 10.8. The molecule has 1 amide bonds. The molecule has 1 aromatic rings. The molecule has 28 heavy (non-hydrogen) atoms. The van der Waals surface area contributed by atoms with E-state index < -0.39 is 0 Å². The summed E-state index contributed by atoms with van der Waals surface area (Å²) in [5.74, 6) is 0.896. The van der Waals surface area contributed by atoms with Gasteiger partial charge in [0.15, 0.2) is 6.61 Å². The molecule has 6 nitrogen and oxygen atoms in total. The third-order valence-corrected chi connectivity index (χ3v) is 5.42. The van der Waals surface area contributed by atoms with Gasteiger partial charge in [0, 0.05) is 38.3 Å². The van der Waals surface area contributed by atoms with Crippen molar-refractivity contribution in [2.75, 3.05) is 45.9 Å². The summed E-state index contributed by atoms with van der Waals surface area (Å²) in [6.07, 6.45) is 3.96. The lowest BCUT2D eigenvalue weighted by atomic mass is 10.2. The summed E-state index contributed by atoms with van der Waals surface area (Å²) >= 11 is 0. The van der Waals surface area contributed by atoms with Crippen LogP contribution in [0.4, 0.5) is 0 Å². The summed E-state index contributed by atoms with van der Waals surface area (Å²) in [7, 11) is 0. The second-order valence-electron chi connectivity index (χ2n) is 8.03. The molecule has 2 aliphatic rings. The summed E-state index contributed by atoms with van der Waals surface area (Å²) in [5.41, 5.74) is 1.10. The molecule has 0 saturated carbocycles. The first-order valence-electron chi connectivity index (χ1n) is 10.7. The van der Waals surface area contributed by atoms with E-state index in [0.29, 0.717) is 12.2 Å². The largest absolute Gasteiger partial charge is 0.483 e. The van der Waals surface area contributed by atoms with Crippen molar-refractivity contribution in [3.05, 3.63) is 29.8 Å². The second-order valence-corrected chi connectivity index (χ2v) is 8.03. The van der Waals surface area contributed by atoms with E-state index in [1.165, 1.54) is 0 Å². The Labute approximate surface area is 169 Å². The van der Waals surface area contributed by atoms with Crippen molar-refractivity contribution in [3.8, 4) is 5.75 Å². The van der Waals surface area contributed by atoms with Gasteiger partial charge in [-0.1, -0.05) is 18.2 Å². The Balaban J connectivity index is 1.37. The van der Waals surface area contributed by atoms with Gasteiger partial charge >= 0.3 is 0 Å². The van der Waals surface area contributed by atoms with Gasteiger partial charge in [-0.15, -0.1) is 0 Å². The van der Waals surface area contributed by atoms with Crippen LogP contribution in [0.25, 0.3) is 0 Å². The highest BCUT2D eigenvalue weighted by Crippen LogP contribution is 2.18. The number of carbonyl (C=O) groups excluding carboxylic acids is 1. The summed E-state index contributed by atoms with van der Waals surface area (Å²) in [5, 5.41) is 3.51. The van der Waals surface area contributed by atoms with E-state index in [2.05, 4.69) is 30.1 Å². The van der Waals surface area contributed by atoms with Crippen molar-refractivity contribution in [1.29, 1.82) is 0 Å². The number of rotatable bonds is 9. The van der Waals surface area contributed by atoms with Crippen LogP contribution in [0.2, 0.25) is 0 Å². The number of para-hydroxylation sites is 1. The van der Waals surface area contributed by atoms with E-state index in [0.717, 1.165) is 76.4 Å². The molecule has 2 aliphatic heterocycles. The van der Waals surface area contributed by atoms with Crippen molar-refractivity contribution in [2.24, 2.45) is 0 Å². The molecule has 3 rings (SSSR count). The van der Waals surface area contributed by atoms with E-state index in [9.17, 15) is 4.79 Å². The third kappa shape index (κ3) is 6.47. The normalized spacial score (nSPS) is 23.1. The van der Waals surface area contributed by atoms with Gasteiger partial charge in [-0.3, -0.25) is 9.69 Å². The minimum Gasteiger partial charge on any atom is -0.483 e. The summed E-state index contributed by atoms with van der Waals surface area (Å²) < 4.78 is 11.6. The Morgan fingerprint density at radius 2 is 1.89 bits per heavy atom. The minimum atomic E-state index is 0.0919. The van der Waals surface area contributed by atoms with E-state index in [4.69, 9.17) is 9.47 Å². The van der Waals surface area contributed by atoms with Gasteiger partial charge in [0.1, 0.15) is 5.75 Å². The predicted molar refractivity (Wildman–Crippen MR) is 111 cm³/mol. The fourth-order valence-electron chi connectivity index (χ4n) is 4.11. The molecule has 1 aromatic carbocycles. The van der Waals surface area contributed by atoms with Gasteiger partial charge in [0.05, 0.1) is 12.2 Å². The van der Waals surface area contributed by atoms with Crippen LogP contribution in [0.15, 0.2) is 24.3 Å². The first-order valence-corrected chi connectivity index (χ1v) is 10.7. The van der Waals surface area contributed by atoms with Crippen molar-refractivity contribution in [1.82, 2.24) is 15.1 Å². The van der Waals surface area contributed by atoms with Gasteiger partial charge in [-0.05, 0) is 52.3 Å². The number of hydrogen-bond donors (Lipinski definition) is 1. The highest BCUT2D eigenvalue weighted by Gasteiger charge is 2.21. The number of nitrogens with zero attached hydrogens (tertiary/aromatic N) is 2. The van der Waals surface area contributed by atoms with E-state index >= 15 is 0 Å². The van der Waals surface area contributed by atoms with Crippen molar-refractivity contribution < 1.29 is 14.3 Å². The number of benzene rings is 1. The van der Waals surface area contributed by atoms with Gasteiger partial charge in [0.2, 0.25) is 0 Å². The molecule has 0 aromatic heterocycles. The lowest BCUT2D eigenvalue weighted by Crippen LogP contribution is -2.46. The van der Waals surface area contributed by atoms with Gasteiger partial charge in [-0.25, -0.2) is 0 Å². The van der Waals surface area contributed by atoms with Crippen LogP contribution < -0.4 is 10.1 Å². The first-order chi connectivity index (χ1) is 13.6. The Morgan fingerprint density at radius 3 is 2.64 bits per heavy atom. The van der Waals surface area contributed by atoms with Gasteiger partial charge in [-0.2, -0.15) is 0 Å². The maximum absolute atomic E-state index is 12.2. The summed E-state index contributed by atoms with van der Waals surface area (Å²) in [6.45, 7) is 11.0. The van der Waals surface area contributed by atoms with Gasteiger partial charge in [0.25, 0.3) is 5.91 Å². The lowest BCUT2D eigenvalue weighted by Gasteiger charge is -2.35. The molecule has 2 atom stereocenters. The van der Waals surface area contributed by atoms with E-state index in [1.54, 1.807) is 0 Å². The molecule has 6 heteroatoms.